The second-order valence-corrected chi connectivity index (χ2v) is 2.61. The summed E-state index contributed by atoms with van der Waals surface area (Å²) in [6.07, 6.45) is 1.84. The van der Waals surface area contributed by atoms with Crippen LogP contribution in [0.15, 0.2) is 0 Å². The topological polar surface area (TPSA) is 57.6 Å². The van der Waals surface area contributed by atoms with Crippen LogP contribution in [0.25, 0.3) is 0 Å². The van der Waals surface area contributed by atoms with Crippen molar-refractivity contribution in [2.24, 2.45) is 0 Å². The fourth-order valence-corrected chi connectivity index (χ4v) is 1.09. The van der Waals surface area contributed by atoms with E-state index < -0.39 is 12.0 Å². The summed E-state index contributed by atoms with van der Waals surface area (Å²) in [7, 11) is 0. The van der Waals surface area contributed by atoms with Crippen molar-refractivity contribution in [3.05, 3.63) is 0 Å². The number of hydrogen-bond donors (Lipinski definition) is 1. The molecule has 0 saturated heterocycles. The normalized spacial score (nSPS) is 12.2. The van der Waals surface area contributed by atoms with E-state index in [1.54, 1.807) is 6.92 Å². The summed E-state index contributed by atoms with van der Waals surface area (Å²) in [6.45, 7) is 4.17. The molecule has 0 heterocycles. The smallest absolute Gasteiger partial charge is 0.326 e. The first-order valence-corrected chi connectivity index (χ1v) is 4.11. The standard InChI is InChI=1S/C8H15NO3/c1-3-5-9(6-10)7(4-2)8(11)12/h6-7H,3-5H2,1-2H3,(H,11,12). The van der Waals surface area contributed by atoms with Gasteiger partial charge in [0.1, 0.15) is 6.04 Å². The van der Waals surface area contributed by atoms with Gasteiger partial charge in [-0.05, 0) is 12.8 Å². The van der Waals surface area contributed by atoms with Crippen LogP contribution in [0.1, 0.15) is 26.7 Å². The van der Waals surface area contributed by atoms with E-state index in [2.05, 4.69) is 0 Å². The Morgan fingerprint density at radius 1 is 1.58 bits per heavy atom. The molecule has 1 amide bonds. The lowest BCUT2D eigenvalue weighted by molar-refractivity contribution is -0.146. The number of amides is 1. The molecule has 4 nitrogen and oxygen atoms in total. The van der Waals surface area contributed by atoms with Gasteiger partial charge in [-0.3, -0.25) is 4.79 Å². The summed E-state index contributed by atoms with van der Waals surface area (Å²) in [5, 5.41) is 8.70. The highest BCUT2D eigenvalue weighted by Crippen LogP contribution is 2.02. The highest BCUT2D eigenvalue weighted by atomic mass is 16.4. The van der Waals surface area contributed by atoms with E-state index in [0.29, 0.717) is 19.4 Å². The summed E-state index contributed by atoms with van der Waals surface area (Å²) >= 11 is 0. The second kappa shape index (κ2) is 5.57. The van der Waals surface area contributed by atoms with Crippen molar-refractivity contribution >= 4 is 12.4 Å². The number of hydrogen-bond acceptors (Lipinski definition) is 2. The molecule has 4 heteroatoms. The van der Waals surface area contributed by atoms with Crippen LogP contribution < -0.4 is 0 Å². The van der Waals surface area contributed by atoms with Gasteiger partial charge in [0.05, 0.1) is 0 Å². The maximum absolute atomic E-state index is 10.6. The Morgan fingerprint density at radius 2 is 2.17 bits per heavy atom. The Kier molecular flexibility index (Phi) is 5.08. The van der Waals surface area contributed by atoms with Gasteiger partial charge >= 0.3 is 5.97 Å². The molecule has 0 aromatic rings. The molecule has 0 aliphatic carbocycles. The highest BCUT2D eigenvalue weighted by molar-refractivity contribution is 5.76. The average Bonchev–Trinajstić information content (AvgIpc) is 2.03. The summed E-state index contributed by atoms with van der Waals surface area (Å²) in [4.78, 5) is 22.4. The van der Waals surface area contributed by atoms with Crippen molar-refractivity contribution < 1.29 is 14.7 Å². The van der Waals surface area contributed by atoms with Crippen LogP contribution in [0.2, 0.25) is 0 Å². The first-order valence-electron chi connectivity index (χ1n) is 4.11. The first kappa shape index (κ1) is 10.9. The molecule has 1 unspecified atom stereocenters. The van der Waals surface area contributed by atoms with Gasteiger partial charge in [0.2, 0.25) is 6.41 Å². The van der Waals surface area contributed by atoms with E-state index in [0.717, 1.165) is 6.42 Å². The minimum atomic E-state index is -0.932. The van der Waals surface area contributed by atoms with E-state index in [9.17, 15) is 9.59 Å². The zero-order chi connectivity index (χ0) is 9.56. The molecule has 0 aromatic heterocycles. The zero-order valence-corrected chi connectivity index (χ0v) is 7.49. The van der Waals surface area contributed by atoms with E-state index in [-0.39, 0.29) is 0 Å². The minimum absolute atomic E-state index is 0.452. The summed E-state index contributed by atoms with van der Waals surface area (Å²) in [5.74, 6) is -0.932. The third kappa shape index (κ3) is 2.90. The summed E-state index contributed by atoms with van der Waals surface area (Å²) in [6, 6.07) is -0.664. The molecule has 70 valence electrons. The van der Waals surface area contributed by atoms with Crippen LogP contribution in [0.5, 0.6) is 0 Å². The summed E-state index contributed by atoms with van der Waals surface area (Å²) < 4.78 is 0. The predicted octanol–water partition coefficient (Wildman–Crippen LogP) is 0.718. The number of carboxylic acids is 1. The van der Waals surface area contributed by atoms with Crippen LogP contribution in [0, 0.1) is 0 Å². The largest absolute Gasteiger partial charge is 0.480 e. The Labute approximate surface area is 72.2 Å². The van der Waals surface area contributed by atoms with Crippen LogP contribution >= 0.6 is 0 Å². The third-order valence-corrected chi connectivity index (χ3v) is 1.69. The molecule has 0 saturated carbocycles. The molecular formula is C8H15NO3. The molecule has 0 aliphatic rings. The van der Waals surface area contributed by atoms with Crippen LogP contribution in [-0.4, -0.2) is 35.0 Å². The number of carboxylic acid groups (broad SMARTS) is 1. The number of carbonyl (C=O) groups excluding carboxylic acids is 1. The van der Waals surface area contributed by atoms with Gasteiger partial charge in [0.15, 0.2) is 0 Å². The van der Waals surface area contributed by atoms with E-state index >= 15 is 0 Å². The minimum Gasteiger partial charge on any atom is -0.480 e. The van der Waals surface area contributed by atoms with Gasteiger partial charge in [-0.15, -0.1) is 0 Å². The van der Waals surface area contributed by atoms with Gasteiger partial charge in [0, 0.05) is 6.54 Å². The lowest BCUT2D eigenvalue weighted by Gasteiger charge is -2.22. The number of nitrogens with zero attached hydrogens (tertiary/aromatic N) is 1. The van der Waals surface area contributed by atoms with Crippen molar-refractivity contribution in [3.8, 4) is 0 Å². The van der Waals surface area contributed by atoms with Crippen molar-refractivity contribution in [1.29, 1.82) is 0 Å². The Balaban J connectivity index is 4.22. The Bertz CT molecular complexity index is 158. The van der Waals surface area contributed by atoms with E-state index in [1.807, 2.05) is 6.92 Å². The molecule has 1 N–H and O–H groups in total. The number of carbonyl (C=O) groups is 2. The second-order valence-electron chi connectivity index (χ2n) is 2.61. The molecule has 0 bridgehead atoms. The maximum atomic E-state index is 10.6. The monoisotopic (exact) mass is 173 g/mol. The zero-order valence-electron chi connectivity index (χ0n) is 7.49. The van der Waals surface area contributed by atoms with Crippen molar-refractivity contribution in [1.82, 2.24) is 4.90 Å². The third-order valence-electron chi connectivity index (χ3n) is 1.69. The SMILES string of the molecule is CCCN(C=O)C(CC)C(=O)O. The van der Waals surface area contributed by atoms with Crippen molar-refractivity contribution in [3.63, 3.8) is 0 Å². The first-order chi connectivity index (χ1) is 5.67. The maximum Gasteiger partial charge on any atom is 0.326 e. The molecule has 0 aliphatic heterocycles. The van der Waals surface area contributed by atoms with E-state index in [4.69, 9.17) is 5.11 Å². The molecule has 1 atom stereocenters. The van der Waals surface area contributed by atoms with Crippen molar-refractivity contribution in [2.75, 3.05) is 6.54 Å². The fourth-order valence-electron chi connectivity index (χ4n) is 1.09. The lowest BCUT2D eigenvalue weighted by atomic mass is 10.2. The van der Waals surface area contributed by atoms with Crippen LogP contribution in [0.3, 0.4) is 0 Å². The van der Waals surface area contributed by atoms with Crippen LogP contribution in [-0.2, 0) is 9.59 Å². The predicted molar refractivity (Wildman–Crippen MR) is 44.8 cm³/mol. The van der Waals surface area contributed by atoms with Gasteiger partial charge in [-0.2, -0.15) is 0 Å². The highest BCUT2D eigenvalue weighted by Gasteiger charge is 2.20. The number of aliphatic carboxylic acids is 1. The quantitative estimate of drug-likeness (QED) is 0.602. The molecular weight excluding hydrogens is 158 g/mol. The average molecular weight is 173 g/mol. The van der Waals surface area contributed by atoms with Gasteiger partial charge in [0.25, 0.3) is 0 Å². The van der Waals surface area contributed by atoms with Gasteiger partial charge < -0.3 is 10.0 Å². The molecule has 0 aromatic carbocycles. The summed E-state index contributed by atoms with van der Waals surface area (Å²) in [5.41, 5.74) is 0. The van der Waals surface area contributed by atoms with Crippen molar-refractivity contribution in [2.45, 2.75) is 32.7 Å². The molecule has 0 fully saturated rings. The number of rotatable bonds is 6. The molecule has 0 rings (SSSR count). The lowest BCUT2D eigenvalue weighted by Crippen LogP contribution is -2.40. The van der Waals surface area contributed by atoms with E-state index in [1.165, 1.54) is 4.90 Å². The molecule has 0 radical (unpaired) electrons. The Hall–Kier alpha value is -1.06. The van der Waals surface area contributed by atoms with Gasteiger partial charge in [-0.1, -0.05) is 13.8 Å². The fraction of sp³-hybridized carbons (Fsp3) is 0.750. The van der Waals surface area contributed by atoms with Crippen LogP contribution in [0.4, 0.5) is 0 Å². The van der Waals surface area contributed by atoms with Gasteiger partial charge in [-0.25, -0.2) is 4.79 Å². The molecule has 0 spiro atoms. The Morgan fingerprint density at radius 3 is 2.42 bits per heavy atom. The molecule has 12 heavy (non-hydrogen) atoms.